The summed E-state index contributed by atoms with van der Waals surface area (Å²) in [6, 6.07) is 13.0. The number of halogens is 3. The van der Waals surface area contributed by atoms with E-state index in [2.05, 4.69) is 5.32 Å². The van der Waals surface area contributed by atoms with Gasteiger partial charge in [0.1, 0.15) is 4.90 Å². The van der Waals surface area contributed by atoms with Crippen LogP contribution in [0.3, 0.4) is 0 Å². The number of anilines is 1. The van der Waals surface area contributed by atoms with Gasteiger partial charge in [-0.2, -0.15) is 8.42 Å². The monoisotopic (exact) mass is 640 g/mol. The minimum atomic E-state index is -4.33. The molecule has 0 unspecified atom stereocenters. The van der Waals surface area contributed by atoms with E-state index in [1.165, 1.54) is 56.5 Å². The fourth-order valence-electron chi connectivity index (χ4n) is 3.58. The van der Waals surface area contributed by atoms with Gasteiger partial charge in [-0.25, -0.2) is 0 Å². The zero-order valence-electron chi connectivity index (χ0n) is 20.7. The summed E-state index contributed by atoms with van der Waals surface area (Å²) in [5.74, 6) is -1.12. The summed E-state index contributed by atoms with van der Waals surface area (Å²) in [5.41, 5.74) is 1.40. The number of thioether (sulfide) groups is 1. The molecule has 0 aliphatic carbocycles. The van der Waals surface area contributed by atoms with Gasteiger partial charge in [-0.1, -0.05) is 40.9 Å². The molecule has 1 aliphatic heterocycles. The van der Waals surface area contributed by atoms with Crippen molar-refractivity contribution in [3.8, 4) is 11.5 Å². The smallest absolute Gasteiger partial charge is 0.339 e. The number of hydrogen-bond acceptors (Lipinski definition) is 8. The number of carbonyl (C=O) groups excluding carboxylic acids is 3. The van der Waals surface area contributed by atoms with Crippen molar-refractivity contribution in [2.45, 2.75) is 18.4 Å². The lowest BCUT2D eigenvalue weighted by Crippen LogP contribution is -2.27. The number of amides is 3. The SMILES string of the molecule is COc1cc(/C=C2\SC(=O)N(Cc3ccc(Cl)c(Cl)c3)C2=O)cc(Cl)c1OS(=O)(=O)c1ccc(NC(C)=O)cc1. The predicted molar refractivity (Wildman–Crippen MR) is 155 cm³/mol. The highest BCUT2D eigenvalue weighted by Crippen LogP contribution is 2.40. The number of benzene rings is 3. The molecule has 0 aromatic heterocycles. The number of nitrogens with zero attached hydrogens (tertiary/aromatic N) is 1. The molecule has 0 bridgehead atoms. The molecule has 40 heavy (non-hydrogen) atoms. The van der Waals surface area contributed by atoms with E-state index in [9.17, 15) is 22.8 Å². The van der Waals surface area contributed by atoms with E-state index in [0.29, 0.717) is 26.9 Å². The van der Waals surface area contributed by atoms with Crippen LogP contribution in [-0.2, 0) is 26.3 Å². The first kappa shape index (κ1) is 29.8. The van der Waals surface area contributed by atoms with Gasteiger partial charge in [-0.15, -0.1) is 0 Å². The Labute approximate surface area is 249 Å². The molecule has 0 saturated carbocycles. The van der Waals surface area contributed by atoms with E-state index in [1.807, 2.05) is 0 Å². The minimum Gasteiger partial charge on any atom is -0.493 e. The van der Waals surface area contributed by atoms with Crippen LogP contribution in [0.4, 0.5) is 10.5 Å². The maximum absolute atomic E-state index is 13.0. The minimum absolute atomic E-state index is 0.000591. The first-order chi connectivity index (χ1) is 18.9. The lowest BCUT2D eigenvalue weighted by Gasteiger charge is -2.14. The fourth-order valence-corrected chi connectivity index (χ4v) is 6.00. The molecular weight excluding hydrogens is 623 g/mol. The van der Waals surface area contributed by atoms with Crippen LogP contribution in [0.2, 0.25) is 15.1 Å². The van der Waals surface area contributed by atoms with Gasteiger partial charge in [0.05, 0.1) is 33.6 Å². The van der Waals surface area contributed by atoms with E-state index in [-0.39, 0.29) is 38.8 Å². The molecule has 1 aliphatic rings. The molecule has 1 heterocycles. The van der Waals surface area contributed by atoms with Crippen LogP contribution in [0.15, 0.2) is 64.4 Å². The van der Waals surface area contributed by atoms with Gasteiger partial charge >= 0.3 is 10.1 Å². The van der Waals surface area contributed by atoms with E-state index < -0.39 is 21.3 Å². The standard InChI is InChI=1S/C26H19Cl3N2O7S2/c1-14(32)30-17-4-6-18(7-5-17)40(35,36)38-24-21(29)10-16(11-22(24)37-2)12-23-25(33)31(26(34)39-23)13-15-3-8-19(27)20(28)9-15/h3-12H,13H2,1-2H3,(H,30,32)/b23-12-. The van der Waals surface area contributed by atoms with E-state index in [1.54, 1.807) is 18.2 Å². The van der Waals surface area contributed by atoms with Gasteiger partial charge in [-0.3, -0.25) is 19.3 Å². The Morgan fingerprint density at radius 2 is 1.70 bits per heavy atom. The van der Waals surface area contributed by atoms with Gasteiger partial charge in [0, 0.05) is 12.6 Å². The Morgan fingerprint density at radius 3 is 2.33 bits per heavy atom. The van der Waals surface area contributed by atoms with Crippen LogP contribution < -0.4 is 14.2 Å². The third-order valence-corrected chi connectivity index (χ3v) is 8.57. The van der Waals surface area contributed by atoms with Crippen LogP contribution in [0.1, 0.15) is 18.1 Å². The predicted octanol–water partition coefficient (Wildman–Crippen LogP) is 6.62. The molecule has 0 spiro atoms. The lowest BCUT2D eigenvalue weighted by molar-refractivity contribution is -0.123. The Balaban J connectivity index is 1.56. The van der Waals surface area contributed by atoms with Gasteiger partial charge in [0.2, 0.25) is 11.7 Å². The van der Waals surface area contributed by atoms with Crippen LogP contribution in [0.25, 0.3) is 6.08 Å². The van der Waals surface area contributed by atoms with Crippen LogP contribution >= 0.6 is 46.6 Å². The first-order valence-electron chi connectivity index (χ1n) is 11.3. The number of carbonyl (C=O) groups is 3. The third-order valence-electron chi connectivity index (χ3n) is 5.40. The zero-order chi connectivity index (χ0) is 29.2. The van der Waals surface area contributed by atoms with E-state index >= 15 is 0 Å². The summed E-state index contributed by atoms with van der Waals surface area (Å²) in [5, 5.41) is 2.60. The van der Waals surface area contributed by atoms with Crippen LogP contribution in [-0.4, -0.2) is 37.5 Å². The largest absolute Gasteiger partial charge is 0.493 e. The number of methoxy groups -OCH3 is 1. The molecule has 3 amide bonds. The highest BCUT2D eigenvalue weighted by Gasteiger charge is 2.35. The summed E-state index contributed by atoms with van der Waals surface area (Å²) < 4.78 is 36.3. The molecular formula is C26H19Cl3N2O7S2. The second-order valence-corrected chi connectivity index (χ2v) is 12.1. The molecule has 4 rings (SSSR count). The third kappa shape index (κ3) is 6.73. The summed E-state index contributed by atoms with van der Waals surface area (Å²) in [6.07, 6.45) is 1.44. The highest BCUT2D eigenvalue weighted by molar-refractivity contribution is 8.18. The Bertz CT molecular complexity index is 1660. The fraction of sp³-hybridized carbons (Fsp3) is 0.115. The maximum Gasteiger partial charge on any atom is 0.339 e. The summed E-state index contributed by atoms with van der Waals surface area (Å²) in [6.45, 7) is 1.33. The van der Waals surface area contributed by atoms with Crippen molar-refractivity contribution in [2.24, 2.45) is 0 Å². The van der Waals surface area contributed by atoms with E-state index in [4.69, 9.17) is 43.7 Å². The Hall–Kier alpha value is -3.22. The average Bonchev–Trinajstić information content (AvgIpc) is 3.14. The van der Waals surface area contributed by atoms with Crippen molar-refractivity contribution in [2.75, 3.05) is 12.4 Å². The number of imide groups is 1. The molecule has 208 valence electrons. The molecule has 0 radical (unpaired) electrons. The average molecular weight is 642 g/mol. The van der Waals surface area contributed by atoms with Crippen LogP contribution in [0.5, 0.6) is 11.5 Å². The van der Waals surface area contributed by atoms with Crippen molar-refractivity contribution < 1.29 is 31.7 Å². The van der Waals surface area contributed by atoms with Gasteiger partial charge < -0.3 is 14.2 Å². The number of ether oxygens (including phenoxy) is 1. The molecule has 9 nitrogen and oxygen atoms in total. The normalized spacial score (nSPS) is 14.5. The van der Waals surface area contributed by atoms with Gasteiger partial charge in [-0.05, 0) is 77.5 Å². The van der Waals surface area contributed by atoms with Crippen molar-refractivity contribution in [3.05, 3.63) is 85.7 Å². The van der Waals surface area contributed by atoms with E-state index in [0.717, 1.165) is 16.7 Å². The quantitative estimate of drug-likeness (QED) is 0.215. The second-order valence-electron chi connectivity index (χ2n) is 8.29. The highest BCUT2D eigenvalue weighted by atomic mass is 35.5. The van der Waals surface area contributed by atoms with Crippen molar-refractivity contribution in [3.63, 3.8) is 0 Å². The summed E-state index contributed by atoms with van der Waals surface area (Å²) in [7, 11) is -3.03. The number of nitrogens with one attached hydrogen (secondary N) is 1. The summed E-state index contributed by atoms with van der Waals surface area (Å²) >= 11 is 19.1. The van der Waals surface area contributed by atoms with Gasteiger partial charge in [0.15, 0.2) is 5.75 Å². The molecule has 3 aromatic rings. The van der Waals surface area contributed by atoms with Gasteiger partial charge in [0.25, 0.3) is 11.1 Å². The molecule has 1 saturated heterocycles. The molecule has 1 N–H and O–H groups in total. The summed E-state index contributed by atoms with van der Waals surface area (Å²) in [4.78, 5) is 37.7. The van der Waals surface area contributed by atoms with Crippen molar-refractivity contribution >= 4 is 85.5 Å². The molecule has 0 atom stereocenters. The molecule has 1 fully saturated rings. The molecule has 14 heteroatoms. The van der Waals surface area contributed by atoms with Crippen LogP contribution in [0, 0.1) is 0 Å². The maximum atomic E-state index is 13.0. The second kappa shape index (κ2) is 12.1. The van der Waals surface area contributed by atoms with Crippen molar-refractivity contribution in [1.82, 2.24) is 4.90 Å². The topological polar surface area (TPSA) is 119 Å². The Morgan fingerprint density at radius 1 is 1.00 bits per heavy atom. The number of hydrogen-bond donors (Lipinski definition) is 1. The molecule has 3 aromatic carbocycles. The Kier molecular flexibility index (Phi) is 9.01. The van der Waals surface area contributed by atoms with Crippen molar-refractivity contribution in [1.29, 1.82) is 0 Å². The first-order valence-corrected chi connectivity index (χ1v) is 14.6. The number of rotatable bonds is 8. The lowest BCUT2D eigenvalue weighted by atomic mass is 10.1. The zero-order valence-corrected chi connectivity index (χ0v) is 24.6.